The van der Waals surface area contributed by atoms with Crippen molar-refractivity contribution in [3.8, 4) is 6.01 Å². The maximum Gasteiger partial charge on any atom is 0.422 e. The van der Waals surface area contributed by atoms with E-state index in [0.29, 0.717) is 29.8 Å². The molecule has 0 saturated heterocycles. The Balaban J connectivity index is 1.56. The van der Waals surface area contributed by atoms with Crippen LogP contribution < -0.4 is 20.7 Å². The number of Topliss-reactive ketones (excluding diaryl/α,β-unsaturated/α-hetero) is 1. The Hall–Kier alpha value is -4.22. The molecule has 3 aromatic rings. The van der Waals surface area contributed by atoms with Gasteiger partial charge in [0.25, 0.3) is 5.91 Å². The maximum absolute atomic E-state index is 12.7. The molecular weight excluding hydrogens is 513 g/mol. The molecule has 3 N–H and O–H groups in total. The van der Waals surface area contributed by atoms with Crippen LogP contribution in [0.4, 0.5) is 30.8 Å². The van der Waals surface area contributed by atoms with Gasteiger partial charge in [-0.2, -0.15) is 28.1 Å². The molecule has 0 fully saturated rings. The van der Waals surface area contributed by atoms with Crippen molar-refractivity contribution < 1.29 is 27.5 Å². The van der Waals surface area contributed by atoms with E-state index in [1.165, 1.54) is 0 Å². The SMILES string of the molecule is O=C1CCCCCCCNC(=O)c2ccc(cc2)Nc2nc(nc(OCC(F)(F)F)n2)NCc2ccc1cc2. The number of ether oxygens (including phenoxy) is 1. The lowest BCUT2D eigenvalue weighted by molar-refractivity contribution is -0.154. The summed E-state index contributed by atoms with van der Waals surface area (Å²) in [5.74, 6) is -0.184. The quantitative estimate of drug-likeness (QED) is 0.392. The molecule has 4 aliphatic heterocycles. The van der Waals surface area contributed by atoms with E-state index in [9.17, 15) is 22.8 Å². The average molecular weight is 543 g/mol. The van der Waals surface area contributed by atoms with Crippen molar-refractivity contribution in [1.82, 2.24) is 20.3 Å². The van der Waals surface area contributed by atoms with Gasteiger partial charge in [-0.05, 0) is 42.7 Å². The van der Waals surface area contributed by atoms with E-state index < -0.39 is 18.8 Å². The molecule has 0 unspecified atom stereocenters. The second-order valence-corrected chi connectivity index (χ2v) is 9.12. The van der Waals surface area contributed by atoms with Gasteiger partial charge in [-0.15, -0.1) is 0 Å². The molecule has 0 atom stereocenters. The normalized spacial score (nSPS) is 15.6. The predicted molar refractivity (Wildman–Crippen MR) is 139 cm³/mol. The number of halogens is 3. The summed E-state index contributed by atoms with van der Waals surface area (Å²) >= 11 is 0. The largest absolute Gasteiger partial charge is 0.454 e. The number of anilines is 3. The van der Waals surface area contributed by atoms with Crippen LogP contribution in [-0.4, -0.2) is 46.0 Å². The number of ketones is 1. The van der Waals surface area contributed by atoms with E-state index in [1.54, 1.807) is 48.5 Å². The Morgan fingerprint density at radius 1 is 0.769 bits per heavy atom. The van der Waals surface area contributed by atoms with Crippen LogP contribution in [0.5, 0.6) is 6.01 Å². The first kappa shape index (κ1) is 27.8. The molecule has 1 amide bonds. The zero-order chi connectivity index (χ0) is 27.7. The van der Waals surface area contributed by atoms with Gasteiger partial charge in [0.05, 0.1) is 0 Å². The van der Waals surface area contributed by atoms with Gasteiger partial charge < -0.3 is 20.7 Å². The average Bonchev–Trinajstić information content (AvgIpc) is 2.92. The summed E-state index contributed by atoms with van der Waals surface area (Å²) < 4.78 is 42.9. The molecule has 9 nitrogen and oxygen atoms in total. The van der Waals surface area contributed by atoms with E-state index in [-0.39, 0.29) is 30.1 Å². The molecule has 4 aliphatic rings. The minimum Gasteiger partial charge on any atom is -0.454 e. The number of amides is 1. The number of hydrogen-bond acceptors (Lipinski definition) is 8. The van der Waals surface area contributed by atoms with E-state index >= 15 is 0 Å². The van der Waals surface area contributed by atoms with Crippen molar-refractivity contribution in [2.75, 3.05) is 23.8 Å². The minimum atomic E-state index is -4.57. The van der Waals surface area contributed by atoms with Crippen LogP contribution in [0.15, 0.2) is 48.5 Å². The van der Waals surface area contributed by atoms with Gasteiger partial charge >= 0.3 is 12.2 Å². The Labute approximate surface area is 223 Å². The summed E-state index contributed by atoms with van der Waals surface area (Å²) in [5.41, 5.74) is 2.42. The first-order valence-electron chi connectivity index (χ1n) is 12.7. The summed E-state index contributed by atoms with van der Waals surface area (Å²) in [6, 6.07) is 13.1. The fraction of sp³-hybridized carbons (Fsp3) is 0.370. The molecule has 6 bridgehead atoms. The standard InChI is InChI=1S/C27H29F3N6O3/c28-27(29,30)17-39-26-35-24-32-16-18-7-9-19(10-8-18)22(37)6-4-2-1-3-5-15-31-23(38)20-11-13-21(14-12-20)33-25(34-24)36-26/h7-14H,1-6,15-17H2,(H,31,38)(H2,32,33,34,35,36). The Kier molecular flexibility index (Phi) is 9.29. The lowest BCUT2D eigenvalue weighted by Gasteiger charge is -2.12. The Morgan fingerprint density at radius 3 is 2.18 bits per heavy atom. The fourth-order valence-corrected chi connectivity index (χ4v) is 3.92. The van der Waals surface area contributed by atoms with Crippen molar-refractivity contribution >= 4 is 29.3 Å². The van der Waals surface area contributed by atoms with Gasteiger partial charge in [-0.25, -0.2) is 0 Å². The molecular formula is C27H29F3N6O3. The van der Waals surface area contributed by atoms with Crippen molar-refractivity contribution in [3.63, 3.8) is 0 Å². The second kappa shape index (κ2) is 13.0. The van der Waals surface area contributed by atoms with Gasteiger partial charge in [-0.1, -0.05) is 43.5 Å². The van der Waals surface area contributed by atoms with Gasteiger partial charge in [-0.3, -0.25) is 9.59 Å². The van der Waals surface area contributed by atoms with Crippen LogP contribution in [0.1, 0.15) is 64.8 Å². The zero-order valence-corrected chi connectivity index (χ0v) is 21.2. The summed E-state index contributed by atoms with van der Waals surface area (Å²) in [6.07, 6.45) is 0.437. The summed E-state index contributed by atoms with van der Waals surface area (Å²) in [6.45, 7) is -0.763. The fourth-order valence-electron chi connectivity index (χ4n) is 3.92. The number of hydrogen-bond donors (Lipinski definition) is 3. The number of nitrogens with zero attached hydrogens (tertiary/aromatic N) is 3. The molecule has 1 aromatic heterocycles. The molecule has 0 spiro atoms. The summed E-state index contributed by atoms with van der Waals surface area (Å²) in [4.78, 5) is 37.1. The molecule has 5 heterocycles. The van der Waals surface area contributed by atoms with Gasteiger partial charge in [0, 0.05) is 36.3 Å². The van der Waals surface area contributed by atoms with Gasteiger partial charge in [0.1, 0.15) is 0 Å². The van der Waals surface area contributed by atoms with Crippen molar-refractivity contribution in [2.24, 2.45) is 0 Å². The second-order valence-electron chi connectivity index (χ2n) is 9.12. The highest BCUT2D eigenvalue weighted by molar-refractivity contribution is 5.96. The van der Waals surface area contributed by atoms with Crippen molar-refractivity contribution in [2.45, 2.75) is 51.2 Å². The van der Waals surface area contributed by atoms with Crippen LogP contribution in [0.25, 0.3) is 0 Å². The maximum atomic E-state index is 12.7. The highest BCUT2D eigenvalue weighted by atomic mass is 19.4. The van der Waals surface area contributed by atoms with Crippen LogP contribution in [0, 0.1) is 0 Å². The number of carbonyl (C=O) groups excluding carboxylic acids is 2. The number of rotatable bonds is 2. The zero-order valence-electron chi connectivity index (χ0n) is 21.2. The number of benzene rings is 2. The first-order valence-corrected chi connectivity index (χ1v) is 12.7. The molecule has 2 aromatic carbocycles. The molecule has 0 aliphatic carbocycles. The molecule has 12 heteroatoms. The highest BCUT2D eigenvalue weighted by Gasteiger charge is 2.29. The number of aromatic nitrogens is 3. The van der Waals surface area contributed by atoms with E-state index in [2.05, 4.69) is 30.9 Å². The van der Waals surface area contributed by atoms with E-state index in [4.69, 9.17) is 4.74 Å². The number of alkyl halides is 3. The molecule has 0 radical (unpaired) electrons. The van der Waals surface area contributed by atoms with Gasteiger partial charge in [0.15, 0.2) is 12.4 Å². The third-order valence-electron chi connectivity index (χ3n) is 5.98. The van der Waals surface area contributed by atoms with Gasteiger partial charge in [0.2, 0.25) is 11.9 Å². The topological polar surface area (TPSA) is 118 Å². The Morgan fingerprint density at radius 2 is 1.44 bits per heavy atom. The lowest BCUT2D eigenvalue weighted by atomic mass is 10.0. The summed E-state index contributed by atoms with van der Waals surface area (Å²) in [5, 5.41) is 8.75. The molecule has 0 saturated carbocycles. The Bertz CT molecular complexity index is 1270. The molecule has 7 rings (SSSR count). The number of carbonyl (C=O) groups is 2. The van der Waals surface area contributed by atoms with Crippen LogP contribution in [0.2, 0.25) is 0 Å². The third kappa shape index (κ3) is 8.94. The molecule has 206 valence electrons. The van der Waals surface area contributed by atoms with E-state index in [0.717, 1.165) is 37.7 Å². The summed E-state index contributed by atoms with van der Waals surface area (Å²) in [7, 11) is 0. The van der Waals surface area contributed by atoms with Crippen LogP contribution in [-0.2, 0) is 6.54 Å². The minimum absolute atomic E-state index is 0.00437. The van der Waals surface area contributed by atoms with Crippen molar-refractivity contribution in [3.05, 3.63) is 65.2 Å². The monoisotopic (exact) mass is 542 g/mol. The third-order valence-corrected chi connectivity index (χ3v) is 5.98. The predicted octanol–water partition coefficient (Wildman–Crippen LogP) is 5.44. The van der Waals surface area contributed by atoms with Crippen LogP contribution in [0.3, 0.4) is 0 Å². The molecule has 39 heavy (non-hydrogen) atoms. The van der Waals surface area contributed by atoms with Crippen molar-refractivity contribution in [1.29, 1.82) is 0 Å². The van der Waals surface area contributed by atoms with E-state index in [1.807, 2.05) is 0 Å². The first-order chi connectivity index (χ1) is 18.7. The smallest absolute Gasteiger partial charge is 0.422 e. The highest BCUT2D eigenvalue weighted by Crippen LogP contribution is 2.21. The number of nitrogens with one attached hydrogen (secondary N) is 3. The van der Waals surface area contributed by atoms with Crippen LogP contribution >= 0.6 is 0 Å². The lowest BCUT2D eigenvalue weighted by Crippen LogP contribution is -2.24.